The SMILES string of the molecule is CN1C(=O)[C@@](Cl)(c2ccccc2)C(=O)c2ccccc21. The number of Topliss-reactive ketones (excluding diaryl/α,β-unsaturated/α-hetero) is 1. The van der Waals surface area contributed by atoms with Crippen LogP contribution in [0.5, 0.6) is 0 Å². The van der Waals surface area contributed by atoms with Crippen molar-refractivity contribution >= 4 is 29.0 Å². The van der Waals surface area contributed by atoms with Crippen LogP contribution in [0.25, 0.3) is 0 Å². The van der Waals surface area contributed by atoms with E-state index < -0.39 is 10.8 Å². The molecule has 0 saturated heterocycles. The molecule has 1 heterocycles. The van der Waals surface area contributed by atoms with Gasteiger partial charge in [0.2, 0.25) is 4.87 Å². The monoisotopic (exact) mass is 285 g/mol. The first-order chi connectivity index (χ1) is 9.56. The minimum absolute atomic E-state index is 0.371. The van der Waals surface area contributed by atoms with Gasteiger partial charge in [0.25, 0.3) is 5.91 Å². The van der Waals surface area contributed by atoms with Gasteiger partial charge in [0.05, 0.1) is 5.69 Å². The van der Waals surface area contributed by atoms with Crippen LogP contribution in [-0.2, 0) is 9.67 Å². The first-order valence-corrected chi connectivity index (χ1v) is 6.61. The Bertz CT molecular complexity index is 699. The average molecular weight is 286 g/mol. The fraction of sp³-hybridized carbons (Fsp3) is 0.125. The molecule has 1 aliphatic heterocycles. The lowest BCUT2D eigenvalue weighted by Crippen LogP contribution is -2.51. The second-order valence-electron chi connectivity index (χ2n) is 4.73. The maximum atomic E-state index is 12.7. The number of alkyl halides is 1. The third kappa shape index (κ3) is 1.60. The molecule has 0 spiro atoms. The zero-order chi connectivity index (χ0) is 14.3. The van der Waals surface area contributed by atoms with Crippen LogP contribution >= 0.6 is 11.6 Å². The second-order valence-corrected chi connectivity index (χ2v) is 5.30. The summed E-state index contributed by atoms with van der Waals surface area (Å²) in [6.45, 7) is 0. The molecule has 2 aromatic rings. The lowest BCUT2D eigenvalue weighted by molar-refractivity contribution is -0.120. The number of amides is 1. The molecule has 20 heavy (non-hydrogen) atoms. The van der Waals surface area contributed by atoms with Gasteiger partial charge in [0.15, 0.2) is 5.78 Å². The summed E-state index contributed by atoms with van der Waals surface area (Å²) >= 11 is 6.48. The van der Waals surface area contributed by atoms with Crippen LogP contribution in [0.1, 0.15) is 15.9 Å². The summed E-state index contributed by atoms with van der Waals surface area (Å²) in [7, 11) is 1.63. The van der Waals surface area contributed by atoms with Crippen molar-refractivity contribution in [2.24, 2.45) is 0 Å². The first-order valence-electron chi connectivity index (χ1n) is 6.23. The molecule has 0 fully saturated rings. The molecule has 1 amide bonds. The number of rotatable bonds is 1. The number of hydrogen-bond donors (Lipinski definition) is 0. The van der Waals surface area contributed by atoms with Gasteiger partial charge in [0, 0.05) is 12.6 Å². The molecule has 4 heteroatoms. The molecule has 0 aliphatic carbocycles. The van der Waals surface area contributed by atoms with E-state index in [0.29, 0.717) is 16.8 Å². The maximum absolute atomic E-state index is 12.7. The fourth-order valence-electron chi connectivity index (χ4n) is 2.50. The van der Waals surface area contributed by atoms with Crippen molar-refractivity contribution in [3.05, 3.63) is 65.7 Å². The van der Waals surface area contributed by atoms with Gasteiger partial charge in [-0.25, -0.2) is 0 Å². The van der Waals surface area contributed by atoms with Gasteiger partial charge in [-0.3, -0.25) is 9.59 Å². The number of carbonyl (C=O) groups is 2. The third-order valence-electron chi connectivity index (χ3n) is 3.59. The van der Waals surface area contributed by atoms with Crippen LogP contribution in [0.15, 0.2) is 54.6 Å². The van der Waals surface area contributed by atoms with E-state index in [4.69, 9.17) is 11.6 Å². The molecule has 0 saturated carbocycles. The van der Waals surface area contributed by atoms with E-state index in [1.807, 2.05) is 6.07 Å². The van der Waals surface area contributed by atoms with Crippen LogP contribution in [0.4, 0.5) is 5.69 Å². The van der Waals surface area contributed by atoms with Crippen LogP contribution in [0.2, 0.25) is 0 Å². The Balaban J connectivity index is 2.24. The summed E-state index contributed by atoms with van der Waals surface area (Å²) in [5.41, 5.74) is 1.56. The number of hydrogen-bond acceptors (Lipinski definition) is 2. The highest BCUT2D eigenvalue weighted by Crippen LogP contribution is 2.42. The van der Waals surface area contributed by atoms with Gasteiger partial charge in [-0.05, 0) is 17.7 Å². The molecule has 0 unspecified atom stereocenters. The number of fused-ring (bicyclic) bond motifs is 1. The minimum atomic E-state index is -1.68. The van der Waals surface area contributed by atoms with Crippen molar-refractivity contribution in [3.63, 3.8) is 0 Å². The van der Waals surface area contributed by atoms with E-state index in [2.05, 4.69) is 0 Å². The van der Waals surface area contributed by atoms with Gasteiger partial charge in [-0.1, -0.05) is 54.1 Å². The van der Waals surface area contributed by atoms with Crippen LogP contribution in [0.3, 0.4) is 0 Å². The largest absolute Gasteiger partial charge is 0.313 e. The van der Waals surface area contributed by atoms with E-state index in [1.54, 1.807) is 55.6 Å². The fourth-order valence-corrected chi connectivity index (χ4v) is 2.86. The molecular weight excluding hydrogens is 274 g/mol. The molecule has 0 aromatic heterocycles. The highest BCUT2D eigenvalue weighted by atomic mass is 35.5. The lowest BCUT2D eigenvalue weighted by atomic mass is 9.84. The highest BCUT2D eigenvalue weighted by molar-refractivity contribution is 6.51. The van der Waals surface area contributed by atoms with Crippen LogP contribution in [-0.4, -0.2) is 18.7 Å². The van der Waals surface area contributed by atoms with E-state index in [1.165, 1.54) is 4.90 Å². The van der Waals surface area contributed by atoms with Crippen molar-refractivity contribution in [2.75, 3.05) is 11.9 Å². The second kappa shape index (κ2) is 4.46. The normalized spacial score (nSPS) is 21.8. The molecule has 2 aromatic carbocycles. The Hall–Kier alpha value is -2.13. The zero-order valence-corrected chi connectivity index (χ0v) is 11.6. The topological polar surface area (TPSA) is 37.4 Å². The smallest absolute Gasteiger partial charge is 0.260 e. The molecule has 3 nitrogen and oxygen atoms in total. The van der Waals surface area contributed by atoms with Gasteiger partial charge in [0.1, 0.15) is 0 Å². The highest BCUT2D eigenvalue weighted by Gasteiger charge is 2.52. The summed E-state index contributed by atoms with van der Waals surface area (Å²) < 4.78 is 0. The number of para-hydroxylation sites is 1. The summed E-state index contributed by atoms with van der Waals surface area (Å²) in [6, 6.07) is 15.7. The molecule has 1 atom stereocenters. The van der Waals surface area contributed by atoms with Gasteiger partial charge >= 0.3 is 0 Å². The average Bonchev–Trinajstić information content (AvgIpc) is 2.51. The van der Waals surface area contributed by atoms with E-state index in [-0.39, 0.29) is 5.78 Å². The number of nitrogens with zero attached hydrogens (tertiary/aromatic N) is 1. The summed E-state index contributed by atoms with van der Waals surface area (Å²) in [5, 5.41) is 0. The van der Waals surface area contributed by atoms with E-state index >= 15 is 0 Å². The lowest BCUT2D eigenvalue weighted by Gasteiger charge is -2.35. The summed E-state index contributed by atoms with van der Waals surface area (Å²) in [4.78, 5) is 25.1. The number of likely N-dealkylation sites (N-methyl/N-ethyl adjacent to an activating group) is 1. The van der Waals surface area contributed by atoms with Crippen molar-refractivity contribution in [1.82, 2.24) is 0 Å². The Labute approximate surface area is 121 Å². The minimum Gasteiger partial charge on any atom is -0.313 e. The Morgan fingerprint density at radius 2 is 1.55 bits per heavy atom. The molecule has 0 bridgehead atoms. The van der Waals surface area contributed by atoms with Crippen molar-refractivity contribution in [3.8, 4) is 0 Å². The van der Waals surface area contributed by atoms with Gasteiger partial charge < -0.3 is 4.90 Å². The number of halogens is 1. The third-order valence-corrected chi connectivity index (χ3v) is 4.15. The summed E-state index contributed by atoms with van der Waals surface area (Å²) in [6.07, 6.45) is 0. The number of anilines is 1. The standard InChI is InChI=1S/C16H12ClNO2/c1-18-13-10-6-5-9-12(13)14(19)16(17,15(18)20)11-7-3-2-4-8-11/h2-10H,1H3/t16-/m1/s1. The van der Waals surface area contributed by atoms with Crippen molar-refractivity contribution < 1.29 is 9.59 Å². The Kier molecular flexibility index (Phi) is 2.87. The van der Waals surface area contributed by atoms with Gasteiger partial charge in [-0.2, -0.15) is 0 Å². The number of ketones is 1. The summed E-state index contributed by atoms with van der Waals surface area (Å²) in [5.74, 6) is -0.793. The van der Waals surface area contributed by atoms with E-state index in [0.717, 1.165) is 0 Å². The predicted molar refractivity (Wildman–Crippen MR) is 78.2 cm³/mol. The number of carbonyl (C=O) groups excluding carboxylic acids is 2. The van der Waals surface area contributed by atoms with Crippen molar-refractivity contribution in [2.45, 2.75) is 4.87 Å². The first kappa shape index (κ1) is 12.9. The number of benzene rings is 2. The van der Waals surface area contributed by atoms with Crippen LogP contribution < -0.4 is 4.90 Å². The molecular formula is C16H12ClNO2. The molecule has 100 valence electrons. The van der Waals surface area contributed by atoms with Crippen LogP contribution in [0, 0.1) is 0 Å². The molecule has 3 rings (SSSR count). The molecule has 0 N–H and O–H groups in total. The molecule has 1 aliphatic rings. The van der Waals surface area contributed by atoms with E-state index in [9.17, 15) is 9.59 Å². The Morgan fingerprint density at radius 1 is 0.950 bits per heavy atom. The Morgan fingerprint density at radius 3 is 2.25 bits per heavy atom. The van der Waals surface area contributed by atoms with Crippen molar-refractivity contribution in [1.29, 1.82) is 0 Å². The zero-order valence-electron chi connectivity index (χ0n) is 10.8. The predicted octanol–water partition coefficient (Wildman–Crippen LogP) is 2.98. The maximum Gasteiger partial charge on any atom is 0.260 e. The van der Waals surface area contributed by atoms with Gasteiger partial charge in [-0.15, -0.1) is 0 Å². The molecule has 0 radical (unpaired) electrons. The quantitative estimate of drug-likeness (QED) is 0.597.